The van der Waals surface area contributed by atoms with Crippen molar-refractivity contribution in [1.29, 1.82) is 0 Å². The van der Waals surface area contributed by atoms with Gasteiger partial charge < -0.3 is 5.73 Å². The van der Waals surface area contributed by atoms with Gasteiger partial charge >= 0.3 is 0 Å². The maximum Gasteiger partial charge on any atom is 0.0719 e. The van der Waals surface area contributed by atoms with Gasteiger partial charge in [-0.3, -0.25) is 4.68 Å². The third-order valence-electron chi connectivity index (χ3n) is 2.26. The van der Waals surface area contributed by atoms with Gasteiger partial charge in [0.1, 0.15) is 0 Å². The second-order valence-electron chi connectivity index (χ2n) is 3.70. The Morgan fingerprint density at radius 2 is 2.06 bits per heavy atom. The van der Waals surface area contributed by atoms with Gasteiger partial charge in [-0.25, -0.2) is 0 Å². The molecule has 0 aliphatic heterocycles. The first-order chi connectivity index (χ1) is 7.74. The standard InChI is InChI=1S/C12H15N3S/c1-10-2-4-12(5-3-10)16-7-6-15-9-11(13)8-14-15/h2-5,8-9H,6-7,13H2,1H3. The molecule has 0 bridgehead atoms. The minimum atomic E-state index is 0.723. The second kappa shape index (κ2) is 5.07. The molecular weight excluding hydrogens is 218 g/mol. The average Bonchev–Trinajstić information content (AvgIpc) is 2.67. The van der Waals surface area contributed by atoms with Crippen LogP contribution in [0.1, 0.15) is 5.56 Å². The minimum absolute atomic E-state index is 0.723. The molecule has 1 aromatic carbocycles. The molecule has 4 heteroatoms. The SMILES string of the molecule is Cc1ccc(SCCn2cc(N)cn2)cc1. The first kappa shape index (κ1) is 11.1. The van der Waals surface area contributed by atoms with E-state index in [0.29, 0.717) is 0 Å². The Morgan fingerprint density at radius 3 is 2.69 bits per heavy atom. The van der Waals surface area contributed by atoms with Crippen LogP contribution in [0.15, 0.2) is 41.6 Å². The monoisotopic (exact) mass is 233 g/mol. The Morgan fingerprint density at radius 1 is 1.31 bits per heavy atom. The number of nitrogens with two attached hydrogens (primary N) is 1. The molecule has 1 aromatic heterocycles. The molecule has 84 valence electrons. The number of aryl methyl sites for hydroxylation is 2. The van der Waals surface area contributed by atoms with Gasteiger partial charge in [-0.1, -0.05) is 17.7 Å². The van der Waals surface area contributed by atoms with E-state index in [1.165, 1.54) is 10.5 Å². The van der Waals surface area contributed by atoms with Crippen molar-refractivity contribution < 1.29 is 0 Å². The van der Waals surface area contributed by atoms with Crippen LogP contribution in [0.25, 0.3) is 0 Å². The molecule has 2 N–H and O–H groups in total. The summed E-state index contributed by atoms with van der Waals surface area (Å²) in [5.41, 5.74) is 7.61. The average molecular weight is 233 g/mol. The molecule has 0 unspecified atom stereocenters. The Hall–Kier alpha value is -1.42. The largest absolute Gasteiger partial charge is 0.396 e. The summed E-state index contributed by atoms with van der Waals surface area (Å²) in [7, 11) is 0. The number of hydrogen-bond donors (Lipinski definition) is 1. The van der Waals surface area contributed by atoms with Crippen LogP contribution < -0.4 is 5.73 Å². The Kier molecular flexibility index (Phi) is 3.51. The maximum atomic E-state index is 5.59. The number of aromatic nitrogens is 2. The maximum absolute atomic E-state index is 5.59. The highest BCUT2D eigenvalue weighted by molar-refractivity contribution is 7.99. The van der Waals surface area contributed by atoms with E-state index in [4.69, 9.17) is 5.73 Å². The van der Waals surface area contributed by atoms with Gasteiger partial charge in [0.05, 0.1) is 18.4 Å². The predicted octanol–water partition coefficient (Wildman–Crippen LogP) is 2.57. The van der Waals surface area contributed by atoms with Crippen LogP contribution in [0.4, 0.5) is 5.69 Å². The van der Waals surface area contributed by atoms with Crippen LogP contribution in [-0.2, 0) is 6.54 Å². The van der Waals surface area contributed by atoms with Crippen molar-refractivity contribution in [1.82, 2.24) is 9.78 Å². The van der Waals surface area contributed by atoms with Crippen molar-refractivity contribution in [2.75, 3.05) is 11.5 Å². The highest BCUT2D eigenvalue weighted by Gasteiger charge is 1.96. The van der Waals surface area contributed by atoms with E-state index in [2.05, 4.69) is 36.3 Å². The lowest BCUT2D eigenvalue weighted by molar-refractivity contribution is 0.666. The van der Waals surface area contributed by atoms with Crippen LogP contribution in [0, 0.1) is 6.92 Å². The molecule has 1 heterocycles. The lowest BCUT2D eigenvalue weighted by atomic mass is 10.2. The summed E-state index contributed by atoms with van der Waals surface area (Å²) in [4.78, 5) is 1.30. The van der Waals surface area contributed by atoms with Crippen molar-refractivity contribution in [2.24, 2.45) is 0 Å². The summed E-state index contributed by atoms with van der Waals surface area (Å²) >= 11 is 1.83. The van der Waals surface area contributed by atoms with Crippen molar-refractivity contribution in [3.8, 4) is 0 Å². The molecular formula is C12H15N3S. The van der Waals surface area contributed by atoms with Gasteiger partial charge in [-0.05, 0) is 19.1 Å². The van der Waals surface area contributed by atoms with Crippen molar-refractivity contribution in [2.45, 2.75) is 18.4 Å². The third-order valence-corrected chi connectivity index (χ3v) is 3.26. The van der Waals surface area contributed by atoms with E-state index in [1.807, 2.05) is 22.6 Å². The normalized spacial score (nSPS) is 10.6. The van der Waals surface area contributed by atoms with E-state index in [1.54, 1.807) is 6.20 Å². The number of nitrogens with zero attached hydrogens (tertiary/aromatic N) is 2. The molecule has 2 rings (SSSR count). The summed E-state index contributed by atoms with van der Waals surface area (Å²) in [5.74, 6) is 1.00. The van der Waals surface area contributed by atoms with Crippen LogP contribution in [0.2, 0.25) is 0 Å². The molecule has 16 heavy (non-hydrogen) atoms. The molecule has 0 fully saturated rings. The summed E-state index contributed by atoms with van der Waals surface area (Å²) in [6, 6.07) is 8.57. The Bertz CT molecular complexity index is 448. The number of rotatable bonds is 4. The first-order valence-electron chi connectivity index (χ1n) is 5.21. The summed E-state index contributed by atoms with van der Waals surface area (Å²) in [5, 5.41) is 4.14. The minimum Gasteiger partial charge on any atom is -0.396 e. The molecule has 0 amide bonds. The Labute approximate surface area is 99.7 Å². The van der Waals surface area contributed by atoms with Gasteiger partial charge in [0.15, 0.2) is 0 Å². The molecule has 0 saturated heterocycles. The second-order valence-corrected chi connectivity index (χ2v) is 4.87. The van der Waals surface area contributed by atoms with Gasteiger partial charge in [0.2, 0.25) is 0 Å². The molecule has 3 nitrogen and oxygen atoms in total. The van der Waals surface area contributed by atoms with Gasteiger partial charge in [0.25, 0.3) is 0 Å². The lowest BCUT2D eigenvalue weighted by Crippen LogP contribution is -2.00. The quantitative estimate of drug-likeness (QED) is 0.825. The molecule has 0 spiro atoms. The number of nitrogen functional groups attached to an aromatic ring is 1. The number of thioether (sulfide) groups is 1. The first-order valence-corrected chi connectivity index (χ1v) is 6.20. The predicted molar refractivity (Wildman–Crippen MR) is 68.5 cm³/mol. The molecule has 0 saturated carbocycles. The third kappa shape index (κ3) is 3.03. The summed E-state index contributed by atoms with van der Waals surface area (Å²) in [6.07, 6.45) is 3.53. The zero-order chi connectivity index (χ0) is 11.4. The zero-order valence-corrected chi connectivity index (χ0v) is 10.1. The number of anilines is 1. The van der Waals surface area contributed by atoms with Gasteiger partial charge in [-0.15, -0.1) is 11.8 Å². The molecule has 0 atom stereocenters. The van der Waals surface area contributed by atoms with Crippen LogP contribution in [0.3, 0.4) is 0 Å². The lowest BCUT2D eigenvalue weighted by Gasteiger charge is -2.02. The van der Waals surface area contributed by atoms with Gasteiger partial charge in [-0.2, -0.15) is 5.10 Å². The van der Waals surface area contributed by atoms with E-state index in [9.17, 15) is 0 Å². The van der Waals surface area contributed by atoms with E-state index < -0.39 is 0 Å². The zero-order valence-electron chi connectivity index (χ0n) is 9.26. The topological polar surface area (TPSA) is 43.8 Å². The van der Waals surface area contributed by atoms with Crippen LogP contribution in [0.5, 0.6) is 0 Å². The smallest absolute Gasteiger partial charge is 0.0719 e. The highest BCUT2D eigenvalue weighted by atomic mass is 32.2. The number of hydrogen-bond acceptors (Lipinski definition) is 3. The molecule has 2 aromatic rings. The Balaban J connectivity index is 1.82. The van der Waals surface area contributed by atoms with Crippen LogP contribution in [-0.4, -0.2) is 15.5 Å². The molecule has 0 radical (unpaired) electrons. The summed E-state index contributed by atoms with van der Waals surface area (Å²) in [6.45, 7) is 2.98. The van der Waals surface area contributed by atoms with E-state index in [0.717, 1.165) is 18.0 Å². The van der Waals surface area contributed by atoms with Crippen LogP contribution >= 0.6 is 11.8 Å². The van der Waals surface area contributed by atoms with E-state index >= 15 is 0 Å². The highest BCUT2D eigenvalue weighted by Crippen LogP contribution is 2.18. The fourth-order valence-electron chi connectivity index (χ4n) is 1.39. The molecule has 0 aliphatic carbocycles. The van der Waals surface area contributed by atoms with Crippen molar-refractivity contribution in [3.63, 3.8) is 0 Å². The number of benzene rings is 1. The summed E-state index contributed by atoms with van der Waals surface area (Å²) < 4.78 is 1.87. The van der Waals surface area contributed by atoms with Crippen molar-refractivity contribution in [3.05, 3.63) is 42.2 Å². The van der Waals surface area contributed by atoms with E-state index in [-0.39, 0.29) is 0 Å². The van der Waals surface area contributed by atoms with Crippen molar-refractivity contribution >= 4 is 17.4 Å². The van der Waals surface area contributed by atoms with Gasteiger partial charge in [0, 0.05) is 16.8 Å². The fourth-order valence-corrected chi connectivity index (χ4v) is 2.24. The molecule has 0 aliphatic rings. The fraction of sp³-hybridized carbons (Fsp3) is 0.250.